The fourth-order valence-electron chi connectivity index (χ4n) is 2.30. The van der Waals surface area contributed by atoms with E-state index < -0.39 is 0 Å². The first kappa shape index (κ1) is 15.3. The molecule has 1 fully saturated rings. The molecule has 1 N–H and O–H groups in total. The molecule has 0 aliphatic carbocycles. The second kappa shape index (κ2) is 6.66. The number of ether oxygens (including phenoxy) is 1. The van der Waals surface area contributed by atoms with Crippen molar-refractivity contribution in [2.24, 2.45) is 0 Å². The third-order valence-corrected chi connectivity index (χ3v) is 3.51. The lowest BCUT2D eigenvalue weighted by molar-refractivity contribution is 0.102. The number of hydrogen-bond donors (Lipinski definition) is 1. The van der Waals surface area contributed by atoms with Gasteiger partial charge < -0.3 is 24.3 Å². The van der Waals surface area contributed by atoms with Gasteiger partial charge in [-0.2, -0.15) is 4.98 Å². The Morgan fingerprint density at radius 1 is 1.35 bits per heavy atom. The van der Waals surface area contributed by atoms with Crippen molar-refractivity contribution in [3.8, 4) is 0 Å². The van der Waals surface area contributed by atoms with Crippen LogP contribution < -0.4 is 15.1 Å². The molecule has 122 valence electrons. The average molecular weight is 317 g/mol. The van der Waals surface area contributed by atoms with Crippen molar-refractivity contribution in [1.82, 2.24) is 9.97 Å². The van der Waals surface area contributed by atoms with Crippen LogP contribution in [0, 0.1) is 0 Å². The van der Waals surface area contributed by atoms with Crippen LogP contribution in [0.5, 0.6) is 0 Å². The number of morpholine rings is 1. The molecule has 0 unspecified atom stereocenters. The fourth-order valence-corrected chi connectivity index (χ4v) is 2.30. The average Bonchev–Trinajstić information content (AvgIpc) is 3.10. The Kier molecular flexibility index (Phi) is 4.42. The van der Waals surface area contributed by atoms with Crippen LogP contribution in [0.3, 0.4) is 0 Å². The number of rotatable bonds is 4. The molecule has 0 bridgehead atoms. The number of anilines is 3. The summed E-state index contributed by atoms with van der Waals surface area (Å²) in [5.41, 5.74) is 1.00. The quantitative estimate of drug-likeness (QED) is 0.907. The Morgan fingerprint density at radius 3 is 2.78 bits per heavy atom. The van der Waals surface area contributed by atoms with Crippen LogP contribution in [0.4, 0.5) is 17.5 Å². The highest BCUT2D eigenvalue weighted by Crippen LogP contribution is 2.24. The number of nitrogens with zero attached hydrogens (tertiary/aromatic N) is 4. The summed E-state index contributed by atoms with van der Waals surface area (Å²) in [6.07, 6.45) is 4.48. The molecular weight excluding hydrogens is 298 g/mol. The van der Waals surface area contributed by atoms with Crippen LogP contribution in [-0.4, -0.2) is 56.3 Å². The second-order valence-electron chi connectivity index (χ2n) is 5.37. The highest BCUT2D eigenvalue weighted by atomic mass is 16.5. The van der Waals surface area contributed by atoms with Crippen molar-refractivity contribution in [2.75, 3.05) is 55.5 Å². The summed E-state index contributed by atoms with van der Waals surface area (Å²) >= 11 is 0. The fraction of sp³-hybridized carbons (Fsp3) is 0.400. The topological polar surface area (TPSA) is 83.7 Å². The summed E-state index contributed by atoms with van der Waals surface area (Å²) in [5, 5.41) is 2.82. The van der Waals surface area contributed by atoms with Crippen LogP contribution in [0.15, 0.2) is 29.2 Å². The second-order valence-corrected chi connectivity index (χ2v) is 5.37. The van der Waals surface area contributed by atoms with Gasteiger partial charge in [0.15, 0.2) is 5.82 Å². The van der Waals surface area contributed by atoms with Gasteiger partial charge in [-0.15, -0.1) is 0 Å². The Bertz CT molecular complexity index is 666. The van der Waals surface area contributed by atoms with Gasteiger partial charge in [-0.1, -0.05) is 0 Å². The molecule has 1 aliphatic heterocycles. The van der Waals surface area contributed by atoms with Crippen molar-refractivity contribution < 1.29 is 13.9 Å². The summed E-state index contributed by atoms with van der Waals surface area (Å²) in [6, 6.07) is 1.60. The minimum Gasteiger partial charge on any atom is -0.472 e. The van der Waals surface area contributed by atoms with Crippen molar-refractivity contribution in [3.05, 3.63) is 30.4 Å². The van der Waals surface area contributed by atoms with E-state index in [9.17, 15) is 4.79 Å². The van der Waals surface area contributed by atoms with Crippen LogP contribution in [-0.2, 0) is 4.74 Å². The van der Waals surface area contributed by atoms with E-state index in [0.717, 1.165) is 13.1 Å². The predicted molar refractivity (Wildman–Crippen MR) is 86.1 cm³/mol. The molecule has 1 saturated heterocycles. The van der Waals surface area contributed by atoms with Crippen LogP contribution in [0.2, 0.25) is 0 Å². The van der Waals surface area contributed by atoms with Crippen molar-refractivity contribution in [2.45, 2.75) is 0 Å². The van der Waals surface area contributed by atoms with Crippen LogP contribution in [0.1, 0.15) is 10.4 Å². The van der Waals surface area contributed by atoms with Crippen molar-refractivity contribution >= 4 is 23.4 Å². The molecule has 0 radical (unpaired) electrons. The number of aromatic nitrogens is 2. The molecule has 1 aliphatic rings. The SMILES string of the molecule is CN(C)c1nc(N2CCOCC2)ncc1NC(=O)c1ccoc1. The molecule has 0 spiro atoms. The first-order chi connectivity index (χ1) is 11.1. The first-order valence-corrected chi connectivity index (χ1v) is 7.36. The van der Waals surface area contributed by atoms with E-state index in [0.29, 0.717) is 36.2 Å². The maximum absolute atomic E-state index is 12.2. The molecule has 2 aromatic rings. The number of carbonyl (C=O) groups excluding carboxylic acids is 1. The number of furan rings is 1. The molecule has 23 heavy (non-hydrogen) atoms. The van der Waals surface area contributed by atoms with E-state index in [-0.39, 0.29) is 5.91 Å². The molecule has 1 amide bonds. The minimum atomic E-state index is -0.260. The molecule has 3 rings (SSSR count). The number of amides is 1. The van der Waals surface area contributed by atoms with E-state index in [1.165, 1.54) is 12.5 Å². The zero-order valence-corrected chi connectivity index (χ0v) is 13.2. The van der Waals surface area contributed by atoms with Gasteiger partial charge in [0.25, 0.3) is 5.91 Å². The summed E-state index contributed by atoms with van der Waals surface area (Å²) in [7, 11) is 3.75. The maximum atomic E-state index is 12.2. The summed E-state index contributed by atoms with van der Waals surface area (Å²) in [6.45, 7) is 2.85. The van der Waals surface area contributed by atoms with E-state index in [2.05, 4.69) is 20.2 Å². The lowest BCUT2D eigenvalue weighted by Gasteiger charge is -2.28. The molecule has 0 saturated carbocycles. The standard InChI is InChI=1S/C15H19N5O3/c1-19(2)13-12(17-14(21)11-3-6-23-10-11)9-16-15(18-13)20-4-7-22-8-5-20/h3,6,9-10H,4-5,7-8H2,1-2H3,(H,17,21). The zero-order chi connectivity index (χ0) is 16.2. The summed E-state index contributed by atoms with van der Waals surface area (Å²) in [5.74, 6) is 1.03. The summed E-state index contributed by atoms with van der Waals surface area (Å²) in [4.78, 5) is 25.0. The molecule has 3 heterocycles. The molecule has 0 atom stereocenters. The molecule has 8 nitrogen and oxygen atoms in total. The number of hydrogen-bond acceptors (Lipinski definition) is 7. The minimum absolute atomic E-state index is 0.260. The van der Waals surface area contributed by atoms with Gasteiger partial charge in [0.1, 0.15) is 12.0 Å². The van der Waals surface area contributed by atoms with E-state index in [1.54, 1.807) is 12.3 Å². The van der Waals surface area contributed by atoms with Crippen molar-refractivity contribution in [1.29, 1.82) is 0 Å². The van der Waals surface area contributed by atoms with E-state index in [4.69, 9.17) is 9.15 Å². The first-order valence-electron chi connectivity index (χ1n) is 7.36. The van der Waals surface area contributed by atoms with Crippen molar-refractivity contribution in [3.63, 3.8) is 0 Å². The molecule has 2 aromatic heterocycles. The lowest BCUT2D eigenvalue weighted by atomic mass is 10.3. The lowest BCUT2D eigenvalue weighted by Crippen LogP contribution is -2.37. The van der Waals surface area contributed by atoms with Gasteiger partial charge >= 0.3 is 0 Å². The monoisotopic (exact) mass is 317 g/mol. The predicted octanol–water partition coefficient (Wildman–Crippen LogP) is 1.22. The molecule has 0 aromatic carbocycles. The highest BCUT2D eigenvalue weighted by Gasteiger charge is 2.18. The van der Waals surface area contributed by atoms with Gasteiger partial charge in [-0.3, -0.25) is 4.79 Å². The third kappa shape index (κ3) is 3.42. The number of nitrogens with one attached hydrogen (secondary N) is 1. The Balaban J connectivity index is 1.83. The normalized spacial score (nSPS) is 14.6. The van der Waals surface area contributed by atoms with Gasteiger partial charge in [0.05, 0.1) is 31.2 Å². The smallest absolute Gasteiger partial charge is 0.259 e. The van der Waals surface area contributed by atoms with Gasteiger partial charge in [0.2, 0.25) is 5.95 Å². The van der Waals surface area contributed by atoms with Crippen LogP contribution >= 0.6 is 0 Å². The zero-order valence-electron chi connectivity index (χ0n) is 13.2. The molecular formula is C15H19N5O3. The Morgan fingerprint density at radius 2 is 2.13 bits per heavy atom. The van der Waals surface area contributed by atoms with E-state index in [1.807, 2.05) is 19.0 Å². The highest BCUT2D eigenvalue weighted by molar-refractivity contribution is 6.05. The maximum Gasteiger partial charge on any atom is 0.259 e. The number of carbonyl (C=O) groups is 1. The van der Waals surface area contributed by atoms with Gasteiger partial charge in [-0.25, -0.2) is 4.98 Å². The summed E-state index contributed by atoms with van der Waals surface area (Å²) < 4.78 is 10.3. The third-order valence-electron chi connectivity index (χ3n) is 3.51. The van der Waals surface area contributed by atoms with Gasteiger partial charge in [0, 0.05) is 27.2 Å². The Hall–Kier alpha value is -2.61. The molecule has 8 heteroatoms. The van der Waals surface area contributed by atoms with Crippen LogP contribution in [0.25, 0.3) is 0 Å². The van der Waals surface area contributed by atoms with E-state index >= 15 is 0 Å². The largest absolute Gasteiger partial charge is 0.472 e. The van der Waals surface area contributed by atoms with Gasteiger partial charge in [-0.05, 0) is 6.07 Å². The Labute approximate surface area is 134 Å².